The summed E-state index contributed by atoms with van der Waals surface area (Å²) in [6.07, 6.45) is 1.18. The molecule has 0 saturated heterocycles. The van der Waals surface area contributed by atoms with Crippen LogP contribution in [-0.2, 0) is 6.42 Å². The van der Waals surface area contributed by atoms with Gasteiger partial charge in [-0.05, 0) is 42.6 Å². The van der Waals surface area contributed by atoms with Crippen molar-refractivity contribution in [3.63, 3.8) is 0 Å². The van der Waals surface area contributed by atoms with Crippen LogP contribution < -0.4 is 10.1 Å². The Kier molecular flexibility index (Phi) is 3.10. The molecule has 0 fully saturated rings. The first-order valence-electron chi connectivity index (χ1n) is 6.25. The SMILES string of the molecule is CNC(c1ccsc1C)C1Cc2ccccc2O1. The van der Waals surface area contributed by atoms with Crippen molar-refractivity contribution < 1.29 is 4.74 Å². The van der Waals surface area contributed by atoms with Gasteiger partial charge >= 0.3 is 0 Å². The van der Waals surface area contributed by atoms with E-state index in [2.05, 4.69) is 41.9 Å². The van der Waals surface area contributed by atoms with Gasteiger partial charge in [-0.2, -0.15) is 0 Å². The van der Waals surface area contributed by atoms with Gasteiger partial charge in [-0.1, -0.05) is 18.2 Å². The number of aryl methyl sites for hydroxylation is 1. The minimum Gasteiger partial charge on any atom is -0.488 e. The van der Waals surface area contributed by atoms with Crippen LogP contribution in [0.5, 0.6) is 5.75 Å². The molecule has 3 heteroatoms. The van der Waals surface area contributed by atoms with Crippen molar-refractivity contribution in [3.05, 3.63) is 51.7 Å². The smallest absolute Gasteiger partial charge is 0.123 e. The Morgan fingerprint density at radius 3 is 2.83 bits per heavy atom. The van der Waals surface area contributed by atoms with Crippen molar-refractivity contribution in [1.29, 1.82) is 0 Å². The van der Waals surface area contributed by atoms with Crippen LogP contribution in [0, 0.1) is 6.92 Å². The summed E-state index contributed by atoms with van der Waals surface area (Å²) in [7, 11) is 2.01. The molecule has 2 aromatic rings. The molecule has 1 aliphatic heterocycles. The second kappa shape index (κ2) is 4.75. The highest BCUT2D eigenvalue weighted by atomic mass is 32.1. The van der Waals surface area contributed by atoms with E-state index in [1.165, 1.54) is 16.0 Å². The Hall–Kier alpha value is -1.32. The van der Waals surface area contributed by atoms with Gasteiger partial charge in [-0.3, -0.25) is 0 Å². The zero-order chi connectivity index (χ0) is 12.5. The lowest BCUT2D eigenvalue weighted by Gasteiger charge is -2.23. The lowest BCUT2D eigenvalue weighted by atomic mass is 9.98. The van der Waals surface area contributed by atoms with Crippen LogP contribution in [0.3, 0.4) is 0 Å². The number of likely N-dealkylation sites (N-methyl/N-ethyl adjacent to an activating group) is 1. The molecular formula is C15H17NOS. The molecule has 3 rings (SSSR count). The van der Waals surface area contributed by atoms with Crippen LogP contribution in [0.4, 0.5) is 0 Å². The van der Waals surface area contributed by atoms with E-state index in [1.54, 1.807) is 11.3 Å². The van der Waals surface area contributed by atoms with E-state index >= 15 is 0 Å². The molecular weight excluding hydrogens is 242 g/mol. The van der Waals surface area contributed by atoms with Gasteiger partial charge in [0.2, 0.25) is 0 Å². The number of hydrogen-bond acceptors (Lipinski definition) is 3. The highest BCUT2D eigenvalue weighted by Gasteiger charge is 2.31. The highest BCUT2D eigenvalue weighted by Crippen LogP contribution is 2.35. The van der Waals surface area contributed by atoms with Gasteiger partial charge in [0.25, 0.3) is 0 Å². The van der Waals surface area contributed by atoms with Crippen LogP contribution >= 0.6 is 11.3 Å². The summed E-state index contributed by atoms with van der Waals surface area (Å²) >= 11 is 1.80. The van der Waals surface area contributed by atoms with E-state index < -0.39 is 0 Å². The van der Waals surface area contributed by atoms with E-state index in [4.69, 9.17) is 4.74 Å². The highest BCUT2D eigenvalue weighted by molar-refractivity contribution is 7.10. The number of nitrogens with one attached hydrogen (secondary N) is 1. The summed E-state index contributed by atoms with van der Waals surface area (Å²) < 4.78 is 6.08. The van der Waals surface area contributed by atoms with Gasteiger partial charge in [-0.15, -0.1) is 11.3 Å². The van der Waals surface area contributed by atoms with Crippen molar-refractivity contribution in [1.82, 2.24) is 5.32 Å². The molecule has 0 spiro atoms. The number of rotatable bonds is 3. The van der Waals surface area contributed by atoms with Crippen molar-refractivity contribution in [2.45, 2.75) is 25.5 Å². The number of fused-ring (bicyclic) bond motifs is 1. The maximum atomic E-state index is 6.08. The number of hydrogen-bond donors (Lipinski definition) is 1. The van der Waals surface area contributed by atoms with Gasteiger partial charge in [0, 0.05) is 11.3 Å². The lowest BCUT2D eigenvalue weighted by Crippen LogP contribution is -2.32. The van der Waals surface area contributed by atoms with Crippen molar-refractivity contribution in [2.24, 2.45) is 0 Å². The third kappa shape index (κ3) is 1.93. The maximum Gasteiger partial charge on any atom is 0.123 e. The Labute approximate surface area is 112 Å². The molecule has 2 unspecified atom stereocenters. The van der Waals surface area contributed by atoms with Crippen LogP contribution in [0.15, 0.2) is 35.7 Å². The number of ether oxygens (including phenoxy) is 1. The minimum atomic E-state index is 0.195. The zero-order valence-electron chi connectivity index (χ0n) is 10.6. The van der Waals surface area contributed by atoms with Crippen LogP contribution in [-0.4, -0.2) is 13.2 Å². The third-order valence-corrected chi connectivity index (χ3v) is 4.45. The fourth-order valence-electron chi connectivity index (χ4n) is 2.65. The fraction of sp³-hybridized carbons (Fsp3) is 0.333. The first-order valence-corrected chi connectivity index (χ1v) is 7.13. The Balaban J connectivity index is 1.86. The van der Waals surface area contributed by atoms with E-state index in [0.717, 1.165) is 12.2 Å². The summed E-state index contributed by atoms with van der Waals surface area (Å²) in [5, 5.41) is 5.55. The first-order chi connectivity index (χ1) is 8.79. The number of benzene rings is 1. The van der Waals surface area contributed by atoms with Crippen LogP contribution in [0.2, 0.25) is 0 Å². The number of thiophene rings is 1. The van der Waals surface area contributed by atoms with Gasteiger partial charge in [0.05, 0.1) is 6.04 Å². The summed E-state index contributed by atoms with van der Waals surface area (Å²) in [6, 6.07) is 10.8. The molecule has 0 aliphatic carbocycles. The summed E-state index contributed by atoms with van der Waals surface area (Å²) in [6.45, 7) is 2.17. The fourth-order valence-corrected chi connectivity index (χ4v) is 3.40. The quantitative estimate of drug-likeness (QED) is 0.913. The predicted octanol–water partition coefficient (Wildman–Crippen LogP) is 3.32. The van der Waals surface area contributed by atoms with Gasteiger partial charge < -0.3 is 10.1 Å². The van der Waals surface area contributed by atoms with E-state index in [-0.39, 0.29) is 12.1 Å². The molecule has 1 aromatic heterocycles. The maximum absolute atomic E-state index is 6.08. The van der Waals surface area contributed by atoms with Gasteiger partial charge in [-0.25, -0.2) is 0 Å². The molecule has 2 heterocycles. The molecule has 0 saturated carbocycles. The Morgan fingerprint density at radius 2 is 2.17 bits per heavy atom. The zero-order valence-corrected chi connectivity index (χ0v) is 11.5. The van der Waals surface area contributed by atoms with Crippen molar-refractivity contribution in [3.8, 4) is 5.75 Å². The second-order valence-electron chi connectivity index (χ2n) is 4.67. The molecule has 2 atom stereocenters. The Morgan fingerprint density at radius 1 is 1.33 bits per heavy atom. The monoisotopic (exact) mass is 259 g/mol. The third-order valence-electron chi connectivity index (χ3n) is 3.59. The Bertz CT molecular complexity index is 524. The average Bonchev–Trinajstić information content (AvgIpc) is 2.97. The molecule has 0 radical (unpaired) electrons. The van der Waals surface area contributed by atoms with Gasteiger partial charge in [0.1, 0.15) is 11.9 Å². The molecule has 2 nitrogen and oxygen atoms in total. The first kappa shape index (κ1) is 11.8. The normalized spacial score (nSPS) is 19.3. The molecule has 94 valence electrons. The van der Waals surface area contributed by atoms with Crippen molar-refractivity contribution >= 4 is 11.3 Å². The predicted molar refractivity (Wildman–Crippen MR) is 75.4 cm³/mol. The van der Waals surface area contributed by atoms with E-state index in [9.17, 15) is 0 Å². The summed E-state index contributed by atoms with van der Waals surface area (Å²) in [5.74, 6) is 1.04. The summed E-state index contributed by atoms with van der Waals surface area (Å²) in [4.78, 5) is 1.37. The van der Waals surface area contributed by atoms with E-state index in [0.29, 0.717) is 0 Å². The summed E-state index contributed by atoms with van der Waals surface area (Å²) in [5.41, 5.74) is 2.68. The topological polar surface area (TPSA) is 21.3 Å². The molecule has 1 N–H and O–H groups in total. The largest absolute Gasteiger partial charge is 0.488 e. The van der Waals surface area contributed by atoms with Crippen LogP contribution in [0.1, 0.15) is 22.0 Å². The standard InChI is InChI=1S/C15H17NOS/c1-10-12(7-8-18-10)15(16-2)14-9-11-5-3-4-6-13(11)17-14/h3-8,14-16H,9H2,1-2H3. The average molecular weight is 259 g/mol. The molecule has 0 bridgehead atoms. The minimum absolute atomic E-state index is 0.195. The van der Waals surface area contributed by atoms with E-state index in [1.807, 2.05) is 13.1 Å². The molecule has 1 aliphatic rings. The second-order valence-corrected chi connectivity index (χ2v) is 5.79. The van der Waals surface area contributed by atoms with Crippen molar-refractivity contribution in [2.75, 3.05) is 7.05 Å². The molecule has 1 aromatic carbocycles. The lowest BCUT2D eigenvalue weighted by molar-refractivity contribution is 0.183. The van der Waals surface area contributed by atoms with Gasteiger partial charge in [0.15, 0.2) is 0 Å². The number of para-hydroxylation sites is 1. The molecule has 18 heavy (non-hydrogen) atoms. The molecule has 0 amide bonds. The van der Waals surface area contributed by atoms with Crippen LogP contribution in [0.25, 0.3) is 0 Å².